The Bertz CT molecular complexity index is 648. The molecule has 0 atom stereocenters. The number of hydrogen-bond acceptors (Lipinski definition) is 4. The maximum Gasteiger partial charge on any atom is 0.0571 e. The summed E-state index contributed by atoms with van der Waals surface area (Å²) in [6.45, 7) is 10.9. The zero-order valence-electron chi connectivity index (χ0n) is 26.7. The van der Waals surface area contributed by atoms with Crippen LogP contribution < -0.4 is 10.6 Å². The van der Waals surface area contributed by atoms with E-state index in [1.54, 1.807) is 0 Å². The Kier molecular flexibility index (Phi) is 21.4. The van der Waals surface area contributed by atoms with Gasteiger partial charge in [-0.3, -0.25) is 0 Å². The predicted molar refractivity (Wildman–Crippen MR) is 177 cm³/mol. The highest BCUT2D eigenvalue weighted by atomic mass is 15.1. The van der Waals surface area contributed by atoms with E-state index < -0.39 is 0 Å². The van der Waals surface area contributed by atoms with Crippen molar-refractivity contribution in [3.05, 3.63) is 48.1 Å². The van der Waals surface area contributed by atoms with Gasteiger partial charge in [-0.05, 0) is 49.5 Å². The van der Waals surface area contributed by atoms with E-state index in [1.807, 2.05) is 0 Å². The molecule has 230 valence electrons. The van der Waals surface area contributed by atoms with Crippen LogP contribution in [0.3, 0.4) is 0 Å². The van der Waals surface area contributed by atoms with E-state index in [-0.39, 0.29) is 0 Å². The molecule has 0 saturated carbocycles. The molecule has 0 unspecified atom stereocenters. The summed E-state index contributed by atoms with van der Waals surface area (Å²) in [5, 5.41) is 7.32. The van der Waals surface area contributed by atoms with Gasteiger partial charge in [-0.15, -0.1) is 0 Å². The summed E-state index contributed by atoms with van der Waals surface area (Å²) >= 11 is 0. The van der Waals surface area contributed by atoms with E-state index in [1.165, 1.54) is 153 Å². The molecule has 0 aromatic carbocycles. The highest BCUT2D eigenvalue weighted by Gasteiger charge is 2.09. The van der Waals surface area contributed by atoms with Crippen LogP contribution in [0.15, 0.2) is 48.1 Å². The monoisotopic (exact) mass is 555 g/mol. The predicted octanol–water partition coefficient (Wildman–Crippen LogP) is 9.43. The first-order chi connectivity index (χ1) is 19.8. The van der Waals surface area contributed by atoms with Crippen LogP contribution in [0.1, 0.15) is 142 Å². The van der Waals surface area contributed by atoms with Gasteiger partial charge in [0.15, 0.2) is 0 Å². The Hall–Kier alpha value is -1.84. The molecular formula is C36H66N4. The second-order valence-electron chi connectivity index (χ2n) is 12.2. The first kappa shape index (κ1) is 34.4. The van der Waals surface area contributed by atoms with Crippen LogP contribution >= 0.6 is 0 Å². The topological polar surface area (TPSA) is 30.5 Å². The quantitative estimate of drug-likeness (QED) is 0.0990. The minimum Gasteiger partial charge on any atom is -0.385 e. The largest absolute Gasteiger partial charge is 0.385 e. The zero-order valence-corrected chi connectivity index (χ0v) is 26.7. The van der Waals surface area contributed by atoms with E-state index in [9.17, 15) is 0 Å². The molecule has 0 aromatic heterocycles. The van der Waals surface area contributed by atoms with Crippen LogP contribution in [-0.4, -0.2) is 49.1 Å². The summed E-state index contributed by atoms with van der Waals surface area (Å²) in [5.74, 6) is 0. The number of nitrogens with one attached hydrogen (secondary N) is 2. The Labute approximate surface area is 249 Å². The lowest BCUT2D eigenvalue weighted by atomic mass is 10.1. The molecule has 0 spiro atoms. The van der Waals surface area contributed by atoms with Gasteiger partial charge in [0, 0.05) is 37.6 Å². The smallest absolute Gasteiger partial charge is 0.0571 e. The van der Waals surface area contributed by atoms with Crippen molar-refractivity contribution in [3.8, 4) is 0 Å². The van der Waals surface area contributed by atoms with Crippen molar-refractivity contribution in [3.63, 3.8) is 0 Å². The summed E-state index contributed by atoms with van der Waals surface area (Å²) < 4.78 is 0. The number of allylic oxidation sites excluding steroid dienone is 4. The Morgan fingerprint density at radius 2 is 0.800 bits per heavy atom. The summed E-state index contributed by atoms with van der Waals surface area (Å²) in [6.07, 6.45) is 41.5. The van der Waals surface area contributed by atoms with Crippen molar-refractivity contribution in [2.45, 2.75) is 142 Å². The lowest BCUT2D eigenvalue weighted by Crippen LogP contribution is -2.35. The van der Waals surface area contributed by atoms with Crippen molar-refractivity contribution in [1.82, 2.24) is 20.4 Å². The van der Waals surface area contributed by atoms with Crippen molar-refractivity contribution < 1.29 is 0 Å². The second kappa shape index (κ2) is 24.9. The molecule has 2 rings (SSSR count). The van der Waals surface area contributed by atoms with Gasteiger partial charge in [-0.2, -0.15) is 0 Å². The van der Waals surface area contributed by atoms with Crippen LogP contribution in [0.5, 0.6) is 0 Å². The standard InChI is InChI=1S/C36H66N4/c1-3-5-7-9-11-13-15-17-19-21-29-39-31-23-25-35(33-39)37-27-28-38-36-26-24-32-40(34-36)30-22-20-18-16-14-12-10-8-6-4-2/h23-26,31-32,37-38H,3-22,27-30,33-34H2,1-2H3. The molecule has 4 nitrogen and oxygen atoms in total. The third kappa shape index (κ3) is 18.5. The van der Waals surface area contributed by atoms with Gasteiger partial charge in [0.1, 0.15) is 0 Å². The fraction of sp³-hybridized carbons (Fsp3) is 0.778. The molecule has 0 amide bonds. The molecule has 2 aliphatic rings. The molecule has 0 aliphatic carbocycles. The van der Waals surface area contributed by atoms with Crippen molar-refractivity contribution in [1.29, 1.82) is 0 Å². The van der Waals surface area contributed by atoms with E-state index in [4.69, 9.17) is 0 Å². The third-order valence-corrected chi connectivity index (χ3v) is 8.36. The van der Waals surface area contributed by atoms with Gasteiger partial charge < -0.3 is 20.4 Å². The molecule has 0 saturated heterocycles. The fourth-order valence-corrected chi connectivity index (χ4v) is 5.80. The third-order valence-electron chi connectivity index (χ3n) is 8.36. The Morgan fingerprint density at radius 3 is 1.15 bits per heavy atom. The lowest BCUT2D eigenvalue weighted by Gasteiger charge is -2.27. The summed E-state index contributed by atoms with van der Waals surface area (Å²) in [7, 11) is 0. The second-order valence-corrected chi connectivity index (χ2v) is 12.2. The molecule has 0 radical (unpaired) electrons. The number of nitrogens with zero attached hydrogens (tertiary/aromatic N) is 2. The Balaban J connectivity index is 1.42. The van der Waals surface area contributed by atoms with Gasteiger partial charge in [-0.1, -0.05) is 129 Å². The van der Waals surface area contributed by atoms with Crippen LogP contribution in [0, 0.1) is 0 Å². The fourth-order valence-electron chi connectivity index (χ4n) is 5.80. The summed E-state index contributed by atoms with van der Waals surface area (Å²) in [4.78, 5) is 4.95. The highest BCUT2D eigenvalue weighted by Crippen LogP contribution is 2.14. The van der Waals surface area contributed by atoms with Gasteiger partial charge >= 0.3 is 0 Å². The van der Waals surface area contributed by atoms with E-state index >= 15 is 0 Å². The first-order valence-electron chi connectivity index (χ1n) is 17.5. The molecule has 4 heteroatoms. The number of hydrogen-bond donors (Lipinski definition) is 2. The van der Waals surface area contributed by atoms with E-state index in [0.717, 1.165) is 26.2 Å². The molecule has 0 aromatic rings. The SMILES string of the molecule is CCCCCCCCCCCCN1C=CC=C(NCCNC2=CC=CN(CCCCCCCCCCCC)C2)C1. The molecule has 0 fully saturated rings. The van der Waals surface area contributed by atoms with Gasteiger partial charge in [0.25, 0.3) is 0 Å². The number of unbranched alkanes of at least 4 members (excludes halogenated alkanes) is 18. The van der Waals surface area contributed by atoms with Crippen molar-refractivity contribution in [2.24, 2.45) is 0 Å². The lowest BCUT2D eigenvalue weighted by molar-refractivity contribution is 0.371. The molecule has 40 heavy (non-hydrogen) atoms. The summed E-state index contributed by atoms with van der Waals surface area (Å²) in [6, 6.07) is 0. The minimum atomic E-state index is 0.964. The number of rotatable bonds is 27. The molecular weight excluding hydrogens is 488 g/mol. The van der Waals surface area contributed by atoms with Crippen LogP contribution in [0.4, 0.5) is 0 Å². The molecule has 2 heterocycles. The van der Waals surface area contributed by atoms with Crippen LogP contribution in [0.2, 0.25) is 0 Å². The van der Waals surface area contributed by atoms with Crippen LogP contribution in [-0.2, 0) is 0 Å². The minimum absolute atomic E-state index is 0.964. The zero-order chi connectivity index (χ0) is 28.4. The van der Waals surface area contributed by atoms with Gasteiger partial charge in [-0.25, -0.2) is 0 Å². The van der Waals surface area contributed by atoms with Crippen LogP contribution in [0.25, 0.3) is 0 Å². The van der Waals surface area contributed by atoms with Crippen molar-refractivity contribution in [2.75, 3.05) is 39.3 Å². The van der Waals surface area contributed by atoms with E-state index in [2.05, 4.69) is 71.0 Å². The normalized spacial score (nSPS) is 14.9. The average molecular weight is 555 g/mol. The highest BCUT2D eigenvalue weighted by molar-refractivity contribution is 5.19. The summed E-state index contributed by atoms with van der Waals surface area (Å²) in [5.41, 5.74) is 2.69. The maximum absolute atomic E-state index is 3.66. The molecule has 2 N–H and O–H groups in total. The molecule has 0 bridgehead atoms. The Morgan fingerprint density at radius 1 is 0.475 bits per heavy atom. The average Bonchev–Trinajstić information content (AvgIpc) is 2.98. The van der Waals surface area contributed by atoms with Crippen molar-refractivity contribution >= 4 is 0 Å². The first-order valence-corrected chi connectivity index (χ1v) is 17.5. The molecule has 2 aliphatic heterocycles. The maximum atomic E-state index is 3.66. The van der Waals surface area contributed by atoms with Gasteiger partial charge in [0.2, 0.25) is 0 Å². The van der Waals surface area contributed by atoms with E-state index in [0.29, 0.717) is 0 Å². The van der Waals surface area contributed by atoms with Gasteiger partial charge in [0.05, 0.1) is 13.1 Å².